The molecule has 1 heterocycles. The van der Waals surface area contributed by atoms with Crippen molar-refractivity contribution in [2.45, 2.75) is 45.9 Å². The zero-order valence-corrected chi connectivity index (χ0v) is 12.2. The summed E-state index contributed by atoms with van der Waals surface area (Å²) in [6.07, 6.45) is 1.98. The van der Waals surface area contributed by atoms with Gasteiger partial charge >= 0.3 is 5.69 Å². The van der Waals surface area contributed by atoms with E-state index in [9.17, 15) is 15.2 Å². The molecule has 0 fully saturated rings. The van der Waals surface area contributed by atoms with Gasteiger partial charge in [0.25, 0.3) is 0 Å². The molecule has 0 aliphatic rings. The molecule has 0 saturated heterocycles. The van der Waals surface area contributed by atoms with Gasteiger partial charge in [-0.25, -0.2) is 0 Å². The van der Waals surface area contributed by atoms with Gasteiger partial charge in [-0.1, -0.05) is 6.08 Å². The Bertz CT molecular complexity index is 484. The number of nitro groups is 1. The van der Waals surface area contributed by atoms with Crippen molar-refractivity contribution in [2.75, 3.05) is 6.54 Å². The number of nitrogens with zero attached hydrogens (tertiary/aromatic N) is 3. The first-order valence-corrected chi connectivity index (χ1v) is 6.57. The Kier molecular flexibility index (Phi) is 5.84. The molecule has 1 aromatic heterocycles. The summed E-state index contributed by atoms with van der Waals surface area (Å²) in [5.41, 5.74) is 0.851. The molecule has 0 radical (unpaired) electrons. The van der Waals surface area contributed by atoms with Crippen LogP contribution in [-0.4, -0.2) is 38.5 Å². The number of nitrogens with one attached hydrogen (secondary N) is 1. The van der Waals surface area contributed by atoms with Crippen LogP contribution in [0, 0.1) is 24.0 Å². The van der Waals surface area contributed by atoms with Gasteiger partial charge in [0.2, 0.25) is 0 Å². The van der Waals surface area contributed by atoms with Crippen molar-refractivity contribution < 1.29 is 10.0 Å². The van der Waals surface area contributed by atoms with Crippen molar-refractivity contribution in [3.8, 4) is 0 Å². The molecule has 0 spiro atoms. The van der Waals surface area contributed by atoms with Gasteiger partial charge < -0.3 is 10.4 Å². The zero-order chi connectivity index (χ0) is 15.3. The molecule has 112 valence electrons. The van der Waals surface area contributed by atoms with E-state index in [0.717, 1.165) is 6.42 Å². The number of rotatable bonds is 8. The molecule has 7 heteroatoms. The maximum absolute atomic E-state index is 10.9. The van der Waals surface area contributed by atoms with E-state index >= 15 is 0 Å². The first-order chi connectivity index (χ1) is 9.36. The third kappa shape index (κ3) is 4.14. The Hall–Kier alpha value is -1.73. The minimum Gasteiger partial charge on any atom is -0.390 e. The predicted molar refractivity (Wildman–Crippen MR) is 76.6 cm³/mol. The summed E-state index contributed by atoms with van der Waals surface area (Å²) in [6, 6.07) is 0.233. The van der Waals surface area contributed by atoms with Crippen LogP contribution in [0.15, 0.2) is 12.7 Å². The molecular formula is C13H22N4O3. The van der Waals surface area contributed by atoms with Crippen molar-refractivity contribution >= 4 is 5.69 Å². The molecule has 0 aliphatic carbocycles. The summed E-state index contributed by atoms with van der Waals surface area (Å²) in [4.78, 5) is 10.5. The highest BCUT2D eigenvalue weighted by atomic mass is 16.6. The van der Waals surface area contributed by atoms with E-state index < -0.39 is 11.0 Å². The number of hydrogen-bond acceptors (Lipinski definition) is 5. The highest BCUT2D eigenvalue weighted by Crippen LogP contribution is 2.21. The first kappa shape index (κ1) is 16.3. The van der Waals surface area contributed by atoms with Gasteiger partial charge in [0.15, 0.2) is 0 Å². The Morgan fingerprint density at radius 1 is 1.60 bits per heavy atom. The van der Waals surface area contributed by atoms with Crippen LogP contribution >= 0.6 is 0 Å². The lowest BCUT2D eigenvalue weighted by Crippen LogP contribution is -2.35. The summed E-state index contributed by atoms with van der Waals surface area (Å²) in [5, 5.41) is 28.1. The van der Waals surface area contributed by atoms with Gasteiger partial charge in [-0.3, -0.25) is 14.8 Å². The monoisotopic (exact) mass is 282 g/mol. The summed E-state index contributed by atoms with van der Waals surface area (Å²) >= 11 is 0. The molecule has 0 aliphatic heterocycles. The average molecular weight is 282 g/mol. The standard InChI is InChI=1S/C13H22N4O3/c1-5-6-9(2)14-7-12(18)8-16-11(4)13(17(19)20)10(3)15-16/h5,9,12,14,18H,1,6-8H2,2-4H3. The molecule has 20 heavy (non-hydrogen) atoms. The van der Waals surface area contributed by atoms with E-state index in [2.05, 4.69) is 17.0 Å². The number of aliphatic hydroxyl groups is 1. The lowest BCUT2D eigenvalue weighted by molar-refractivity contribution is -0.386. The van der Waals surface area contributed by atoms with Crippen molar-refractivity contribution in [2.24, 2.45) is 0 Å². The number of aromatic nitrogens is 2. The summed E-state index contributed by atoms with van der Waals surface area (Å²) in [5.74, 6) is 0. The van der Waals surface area contributed by atoms with Crippen LogP contribution < -0.4 is 5.32 Å². The Balaban J connectivity index is 2.62. The summed E-state index contributed by atoms with van der Waals surface area (Å²) in [7, 11) is 0. The van der Waals surface area contributed by atoms with Gasteiger partial charge in [0.05, 0.1) is 17.6 Å². The van der Waals surface area contributed by atoms with Crippen molar-refractivity contribution in [1.82, 2.24) is 15.1 Å². The summed E-state index contributed by atoms with van der Waals surface area (Å²) in [6.45, 7) is 9.53. The second kappa shape index (κ2) is 7.16. The fourth-order valence-electron chi connectivity index (χ4n) is 2.06. The van der Waals surface area contributed by atoms with Gasteiger partial charge in [-0.05, 0) is 27.2 Å². The van der Waals surface area contributed by atoms with Gasteiger partial charge in [-0.2, -0.15) is 5.10 Å². The van der Waals surface area contributed by atoms with Gasteiger partial charge in [0, 0.05) is 12.6 Å². The Morgan fingerprint density at radius 2 is 2.25 bits per heavy atom. The van der Waals surface area contributed by atoms with Crippen molar-refractivity contribution in [3.05, 3.63) is 34.2 Å². The van der Waals surface area contributed by atoms with Crippen LogP contribution in [0.4, 0.5) is 5.69 Å². The molecule has 0 bridgehead atoms. The van der Waals surface area contributed by atoms with Crippen LogP contribution in [0.1, 0.15) is 24.7 Å². The van der Waals surface area contributed by atoms with Crippen LogP contribution in [0.2, 0.25) is 0 Å². The van der Waals surface area contributed by atoms with Crippen LogP contribution in [0.25, 0.3) is 0 Å². The molecule has 1 rings (SSSR count). The number of hydrogen-bond donors (Lipinski definition) is 2. The molecule has 2 N–H and O–H groups in total. The van der Waals surface area contributed by atoms with E-state index in [4.69, 9.17) is 0 Å². The van der Waals surface area contributed by atoms with Gasteiger partial charge in [-0.15, -0.1) is 6.58 Å². The third-order valence-electron chi connectivity index (χ3n) is 3.13. The smallest absolute Gasteiger partial charge is 0.312 e. The largest absolute Gasteiger partial charge is 0.390 e. The average Bonchev–Trinajstić information content (AvgIpc) is 2.62. The third-order valence-corrected chi connectivity index (χ3v) is 3.13. The lowest BCUT2D eigenvalue weighted by atomic mass is 10.2. The molecule has 1 aromatic rings. The maximum atomic E-state index is 10.9. The molecule has 2 unspecified atom stereocenters. The number of aliphatic hydroxyl groups excluding tert-OH is 1. The molecular weight excluding hydrogens is 260 g/mol. The van der Waals surface area contributed by atoms with Crippen LogP contribution in [0.3, 0.4) is 0 Å². The van der Waals surface area contributed by atoms with Gasteiger partial charge in [0.1, 0.15) is 11.4 Å². The van der Waals surface area contributed by atoms with E-state index in [1.165, 1.54) is 4.68 Å². The fraction of sp³-hybridized carbons (Fsp3) is 0.615. The lowest BCUT2D eigenvalue weighted by Gasteiger charge is -2.16. The van der Waals surface area contributed by atoms with E-state index in [0.29, 0.717) is 17.9 Å². The minimum absolute atomic E-state index is 0.0187. The Labute approximate surface area is 118 Å². The topological polar surface area (TPSA) is 93.2 Å². The number of aryl methyl sites for hydroxylation is 1. The van der Waals surface area contributed by atoms with Crippen LogP contribution in [0.5, 0.6) is 0 Å². The SMILES string of the molecule is C=CCC(C)NCC(O)Cn1nc(C)c([N+](=O)[O-])c1C. The molecule has 0 amide bonds. The highest BCUT2D eigenvalue weighted by Gasteiger charge is 2.22. The van der Waals surface area contributed by atoms with Crippen LogP contribution in [-0.2, 0) is 6.54 Å². The van der Waals surface area contributed by atoms with Crippen molar-refractivity contribution in [3.63, 3.8) is 0 Å². The second-order valence-electron chi connectivity index (χ2n) is 4.95. The maximum Gasteiger partial charge on any atom is 0.312 e. The first-order valence-electron chi connectivity index (χ1n) is 6.57. The normalized spacial score (nSPS) is 14.0. The quantitative estimate of drug-likeness (QED) is 0.426. The summed E-state index contributed by atoms with van der Waals surface area (Å²) < 4.78 is 1.48. The molecule has 7 nitrogen and oxygen atoms in total. The minimum atomic E-state index is -0.653. The zero-order valence-electron chi connectivity index (χ0n) is 12.2. The van der Waals surface area contributed by atoms with E-state index in [-0.39, 0.29) is 18.3 Å². The molecule has 0 aromatic carbocycles. The second-order valence-corrected chi connectivity index (χ2v) is 4.95. The molecule has 0 saturated carbocycles. The Morgan fingerprint density at radius 3 is 2.75 bits per heavy atom. The van der Waals surface area contributed by atoms with Crippen molar-refractivity contribution in [1.29, 1.82) is 0 Å². The van der Waals surface area contributed by atoms with E-state index in [1.807, 2.05) is 13.0 Å². The molecule has 2 atom stereocenters. The fourth-order valence-corrected chi connectivity index (χ4v) is 2.06. The highest BCUT2D eigenvalue weighted by molar-refractivity contribution is 5.39. The van der Waals surface area contributed by atoms with E-state index in [1.54, 1.807) is 13.8 Å². The predicted octanol–water partition coefficient (Wildman–Crippen LogP) is 1.32.